The van der Waals surface area contributed by atoms with Crippen molar-refractivity contribution < 1.29 is 4.74 Å². The van der Waals surface area contributed by atoms with E-state index in [1.165, 1.54) is 0 Å². The fourth-order valence-corrected chi connectivity index (χ4v) is 2.57. The van der Waals surface area contributed by atoms with Gasteiger partial charge in [0.1, 0.15) is 5.82 Å². The Balaban J connectivity index is 2.08. The van der Waals surface area contributed by atoms with E-state index >= 15 is 0 Å². The summed E-state index contributed by atoms with van der Waals surface area (Å²) in [4.78, 5) is 11.2. The quantitative estimate of drug-likeness (QED) is 0.883. The first kappa shape index (κ1) is 12.2. The summed E-state index contributed by atoms with van der Waals surface area (Å²) in [5.74, 6) is 1.36. The lowest BCUT2D eigenvalue weighted by molar-refractivity contribution is 0.0297. The number of hydrogen-bond donors (Lipinski definition) is 1. The Morgan fingerprint density at radius 3 is 3.16 bits per heavy atom. The van der Waals surface area contributed by atoms with Gasteiger partial charge in [0.25, 0.3) is 0 Å². The van der Waals surface area contributed by atoms with E-state index in [2.05, 4.69) is 28.7 Å². The third kappa shape index (κ3) is 2.12. The fraction of sp³-hybridized carbons (Fsp3) is 0.538. The number of aromatic nitrogens is 3. The molecule has 2 atom stereocenters. The zero-order valence-corrected chi connectivity index (χ0v) is 11.3. The van der Waals surface area contributed by atoms with E-state index in [1.807, 2.05) is 10.6 Å². The number of nitrogen functional groups attached to an aromatic ring is 1. The van der Waals surface area contributed by atoms with E-state index < -0.39 is 0 Å². The van der Waals surface area contributed by atoms with Crippen molar-refractivity contribution in [3.63, 3.8) is 0 Å². The van der Waals surface area contributed by atoms with Crippen LogP contribution in [0.15, 0.2) is 18.6 Å². The zero-order valence-electron chi connectivity index (χ0n) is 11.3. The highest BCUT2D eigenvalue weighted by molar-refractivity contribution is 5.67. The van der Waals surface area contributed by atoms with Gasteiger partial charge < -0.3 is 19.8 Å². The van der Waals surface area contributed by atoms with Crippen molar-refractivity contribution in [2.45, 2.75) is 32.4 Å². The Kier molecular flexibility index (Phi) is 3.02. The molecule has 6 nitrogen and oxygen atoms in total. The predicted molar refractivity (Wildman–Crippen MR) is 74.2 cm³/mol. The number of ether oxygens (including phenoxy) is 1. The summed E-state index contributed by atoms with van der Waals surface area (Å²) in [5, 5.41) is 0. The van der Waals surface area contributed by atoms with E-state index in [4.69, 9.17) is 10.5 Å². The molecule has 19 heavy (non-hydrogen) atoms. The van der Waals surface area contributed by atoms with Crippen LogP contribution in [0.25, 0.3) is 5.65 Å². The van der Waals surface area contributed by atoms with Gasteiger partial charge in [-0.05, 0) is 13.3 Å². The van der Waals surface area contributed by atoms with Gasteiger partial charge in [0.15, 0.2) is 11.5 Å². The van der Waals surface area contributed by atoms with Crippen molar-refractivity contribution in [2.24, 2.45) is 0 Å². The lowest BCUT2D eigenvalue weighted by atomic mass is 10.1. The number of nitrogens with two attached hydrogens (primary N) is 1. The van der Waals surface area contributed by atoms with Gasteiger partial charge >= 0.3 is 0 Å². The molecule has 0 aromatic carbocycles. The van der Waals surface area contributed by atoms with Crippen LogP contribution in [0, 0.1) is 0 Å². The van der Waals surface area contributed by atoms with Gasteiger partial charge in [-0.15, -0.1) is 0 Å². The smallest absolute Gasteiger partial charge is 0.180 e. The third-order valence-corrected chi connectivity index (χ3v) is 3.59. The van der Waals surface area contributed by atoms with Crippen LogP contribution in [0.2, 0.25) is 0 Å². The molecule has 0 radical (unpaired) electrons. The second-order valence-electron chi connectivity index (χ2n) is 5.01. The van der Waals surface area contributed by atoms with Gasteiger partial charge in [-0.1, -0.05) is 6.92 Å². The normalized spacial score (nSPS) is 24.0. The standard InChI is InChI=1S/C13H19N5O/c1-3-10-8-19-9(2)6-18(10)13-12-15-4-5-17(12)7-11(14)16-13/h4-5,7,9-10H,3,6,8,14H2,1-2H3. The van der Waals surface area contributed by atoms with Crippen LogP contribution < -0.4 is 10.6 Å². The van der Waals surface area contributed by atoms with Crippen LogP contribution in [-0.4, -0.2) is 39.7 Å². The molecule has 2 N–H and O–H groups in total. The molecule has 1 aliphatic rings. The molecule has 0 aliphatic carbocycles. The predicted octanol–water partition coefficient (Wildman–Crippen LogP) is 1.32. The lowest BCUT2D eigenvalue weighted by Crippen LogP contribution is -2.49. The number of fused-ring (bicyclic) bond motifs is 1. The Hall–Kier alpha value is -1.82. The van der Waals surface area contributed by atoms with Gasteiger partial charge in [0.05, 0.1) is 24.9 Å². The van der Waals surface area contributed by atoms with E-state index in [-0.39, 0.29) is 6.10 Å². The van der Waals surface area contributed by atoms with Crippen molar-refractivity contribution in [3.8, 4) is 0 Å². The Morgan fingerprint density at radius 1 is 1.53 bits per heavy atom. The number of hydrogen-bond acceptors (Lipinski definition) is 5. The molecular formula is C13H19N5O. The molecular weight excluding hydrogens is 242 g/mol. The van der Waals surface area contributed by atoms with E-state index in [0.29, 0.717) is 11.9 Å². The molecule has 3 rings (SSSR count). The Morgan fingerprint density at radius 2 is 2.37 bits per heavy atom. The summed E-state index contributed by atoms with van der Waals surface area (Å²) >= 11 is 0. The second-order valence-corrected chi connectivity index (χ2v) is 5.01. The summed E-state index contributed by atoms with van der Waals surface area (Å²) in [7, 11) is 0. The molecule has 2 aromatic rings. The molecule has 1 aliphatic heterocycles. The number of rotatable bonds is 2. The maximum Gasteiger partial charge on any atom is 0.180 e. The maximum atomic E-state index is 5.89. The topological polar surface area (TPSA) is 68.7 Å². The molecule has 2 unspecified atom stereocenters. The summed E-state index contributed by atoms with van der Waals surface area (Å²) in [6.45, 7) is 5.78. The molecule has 1 saturated heterocycles. The van der Waals surface area contributed by atoms with Crippen LogP contribution in [0.1, 0.15) is 20.3 Å². The largest absolute Gasteiger partial charge is 0.382 e. The van der Waals surface area contributed by atoms with Crippen molar-refractivity contribution in [1.82, 2.24) is 14.4 Å². The first-order valence-corrected chi connectivity index (χ1v) is 6.66. The molecule has 2 aromatic heterocycles. The van der Waals surface area contributed by atoms with E-state index in [1.54, 1.807) is 12.4 Å². The minimum Gasteiger partial charge on any atom is -0.382 e. The molecule has 0 bridgehead atoms. The van der Waals surface area contributed by atoms with Crippen LogP contribution in [0.3, 0.4) is 0 Å². The van der Waals surface area contributed by atoms with Gasteiger partial charge in [-0.25, -0.2) is 9.97 Å². The second kappa shape index (κ2) is 4.70. The molecule has 6 heteroatoms. The third-order valence-electron chi connectivity index (χ3n) is 3.59. The maximum absolute atomic E-state index is 5.89. The molecule has 102 valence electrons. The van der Waals surface area contributed by atoms with Crippen LogP contribution in [-0.2, 0) is 4.74 Å². The number of imidazole rings is 1. The fourth-order valence-electron chi connectivity index (χ4n) is 2.57. The van der Waals surface area contributed by atoms with Crippen LogP contribution in [0.5, 0.6) is 0 Å². The summed E-state index contributed by atoms with van der Waals surface area (Å²) in [5.41, 5.74) is 6.74. The Labute approximate surface area is 112 Å². The van der Waals surface area contributed by atoms with Crippen LogP contribution >= 0.6 is 0 Å². The number of morpholine rings is 1. The SMILES string of the molecule is CCC1COC(C)CN1c1nc(N)cn2ccnc12. The first-order chi connectivity index (χ1) is 9.19. The molecule has 1 fully saturated rings. The summed E-state index contributed by atoms with van der Waals surface area (Å²) in [6.07, 6.45) is 6.65. The van der Waals surface area contributed by atoms with Crippen molar-refractivity contribution in [3.05, 3.63) is 18.6 Å². The Bertz CT molecular complexity index is 581. The van der Waals surface area contributed by atoms with Crippen LogP contribution in [0.4, 0.5) is 11.6 Å². The molecule has 0 spiro atoms. The zero-order chi connectivity index (χ0) is 13.4. The van der Waals surface area contributed by atoms with E-state index in [0.717, 1.165) is 31.0 Å². The first-order valence-electron chi connectivity index (χ1n) is 6.66. The summed E-state index contributed by atoms with van der Waals surface area (Å²) in [6, 6.07) is 0.325. The number of anilines is 2. The minimum atomic E-state index is 0.195. The van der Waals surface area contributed by atoms with Gasteiger partial charge in [0.2, 0.25) is 0 Å². The van der Waals surface area contributed by atoms with E-state index in [9.17, 15) is 0 Å². The molecule has 3 heterocycles. The molecule has 0 saturated carbocycles. The average Bonchev–Trinajstić information content (AvgIpc) is 2.85. The molecule has 0 amide bonds. The highest BCUT2D eigenvalue weighted by atomic mass is 16.5. The van der Waals surface area contributed by atoms with Crippen molar-refractivity contribution in [1.29, 1.82) is 0 Å². The lowest BCUT2D eigenvalue weighted by Gasteiger charge is -2.39. The summed E-state index contributed by atoms with van der Waals surface area (Å²) < 4.78 is 7.65. The van der Waals surface area contributed by atoms with Gasteiger partial charge in [0, 0.05) is 18.9 Å². The van der Waals surface area contributed by atoms with Gasteiger partial charge in [-0.3, -0.25) is 0 Å². The number of nitrogens with zero attached hydrogens (tertiary/aromatic N) is 4. The highest BCUT2D eigenvalue weighted by Gasteiger charge is 2.28. The monoisotopic (exact) mass is 261 g/mol. The minimum absolute atomic E-state index is 0.195. The van der Waals surface area contributed by atoms with Crippen molar-refractivity contribution in [2.75, 3.05) is 23.8 Å². The highest BCUT2D eigenvalue weighted by Crippen LogP contribution is 2.26. The average molecular weight is 261 g/mol. The van der Waals surface area contributed by atoms with Crippen molar-refractivity contribution >= 4 is 17.3 Å². The van der Waals surface area contributed by atoms with Gasteiger partial charge in [-0.2, -0.15) is 0 Å².